The highest BCUT2D eigenvalue weighted by Gasteiger charge is 2.25. The normalized spacial score (nSPS) is 16.0. The van der Waals surface area contributed by atoms with E-state index in [2.05, 4.69) is 21.2 Å². The summed E-state index contributed by atoms with van der Waals surface area (Å²) in [5, 5.41) is 13.6. The predicted molar refractivity (Wildman–Crippen MR) is 98.2 cm³/mol. The second-order valence-corrected chi connectivity index (χ2v) is 6.92. The number of amides is 1. The highest BCUT2D eigenvalue weighted by molar-refractivity contribution is 9.10. The minimum atomic E-state index is -0.161. The van der Waals surface area contributed by atoms with Gasteiger partial charge < -0.3 is 15.3 Å². The molecule has 0 aliphatic carbocycles. The zero-order valence-electron chi connectivity index (χ0n) is 13.4. The quantitative estimate of drug-likeness (QED) is 0.845. The van der Waals surface area contributed by atoms with Crippen LogP contribution in [0.5, 0.6) is 5.75 Å². The first-order valence-corrected chi connectivity index (χ1v) is 8.96. The van der Waals surface area contributed by atoms with Gasteiger partial charge in [-0.25, -0.2) is 0 Å². The van der Waals surface area contributed by atoms with Gasteiger partial charge in [0.25, 0.3) is 0 Å². The first kappa shape index (κ1) is 17.0. The number of nitrogens with zero attached hydrogens (tertiary/aromatic N) is 1. The van der Waals surface area contributed by atoms with Crippen LogP contribution in [0.25, 0.3) is 0 Å². The number of carbonyl (C=O) groups is 1. The molecule has 1 fully saturated rings. The van der Waals surface area contributed by atoms with E-state index in [1.54, 1.807) is 12.1 Å². The minimum absolute atomic E-state index is 0.129. The van der Waals surface area contributed by atoms with Gasteiger partial charge in [-0.2, -0.15) is 0 Å². The summed E-state index contributed by atoms with van der Waals surface area (Å²) in [7, 11) is 0. The van der Waals surface area contributed by atoms with E-state index in [1.807, 2.05) is 41.3 Å². The molecule has 1 unspecified atom stereocenters. The lowest BCUT2D eigenvalue weighted by Crippen LogP contribution is -2.46. The smallest absolute Gasteiger partial charge is 0.223 e. The number of benzene rings is 2. The third-order valence-electron chi connectivity index (χ3n) is 4.42. The van der Waals surface area contributed by atoms with Crippen LogP contribution in [0.15, 0.2) is 53.0 Å². The molecule has 1 atom stereocenters. The number of aromatic hydroxyl groups is 1. The molecular weight excluding hydrogens is 368 g/mol. The van der Waals surface area contributed by atoms with Crippen LogP contribution < -0.4 is 5.32 Å². The molecule has 0 aromatic heterocycles. The maximum absolute atomic E-state index is 12.8. The summed E-state index contributed by atoms with van der Waals surface area (Å²) in [5.41, 5.74) is 1.81. The van der Waals surface area contributed by atoms with Crippen molar-refractivity contribution >= 4 is 21.8 Å². The third-order valence-corrected chi connectivity index (χ3v) is 4.91. The average molecular weight is 389 g/mol. The fraction of sp³-hybridized carbons (Fsp3) is 0.316. The van der Waals surface area contributed by atoms with Gasteiger partial charge >= 0.3 is 0 Å². The van der Waals surface area contributed by atoms with Crippen LogP contribution in [0.1, 0.15) is 23.5 Å². The zero-order chi connectivity index (χ0) is 16.9. The molecular formula is C19H21BrN2O2. The van der Waals surface area contributed by atoms with Crippen molar-refractivity contribution in [1.29, 1.82) is 0 Å². The number of hydrogen-bond acceptors (Lipinski definition) is 3. The van der Waals surface area contributed by atoms with Gasteiger partial charge in [0.15, 0.2) is 0 Å². The van der Waals surface area contributed by atoms with Gasteiger partial charge in [-0.1, -0.05) is 46.3 Å². The highest BCUT2D eigenvalue weighted by Crippen LogP contribution is 2.36. The van der Waals surface area contributed by atoms with Gasteiger partial charge in [0.1, 0.15) is 5.75 Å². The standard InChI is InChI=1S/C19H21BrN2O2/c20-15-6-7-18(23)17(12-15)16(14-4-2-1-3-5-14)13-19(24)22-10-8-21-9-11-22/h1-7,12,16,21,23H,8-11,13H2. The Kier molecular flexibility index (Phi) is 5.53. The van der Waals surface area contributed by atoms with Gasteiger partial charge in [-0.05, 0) is 23.8 Å². The number of hydrogen-bond donors (Lipinski definition) is 2. The van der Waals surface area contributed by atoms with Crippen molar-refractivity contribution in [3.05, 3.63) is 64.1 Å². The Morgan fingerprint density at radius 2 is 1.88 bits per heavy atom. The van der Waals surface area contributed by atoms with Crippen molar-refractivity contribution in [2.45, 2.75) is 12.3 Å². The molecule has 1 heterocycles. The second kappa shape index (κ2) is 7.81. The molecule has 4 nitrogen and oxygen atoms in total. The van der Waals surface area contributed by atoms with E-state index in [-0.39, 0.29) is 17.6 Å². The van der Waals surface area contributed by atoms with Gasteiger partial charge in [0.2, 0.25) is 5.91 Å². The maximum Gasteiger partial charge on any atom is 0.223 e. The molecule has 0 saturated carbocycles. The van der Waals surface area contributed by atoms with Crippen LogP contribution in [0.3, 0.4) is 0 Å². The summed E-state index contributed by atoms with van der Waals surface area (Å²) < 4.78 is 0.894. The van der Waals surface area contributed by atoms with E-state index in [0.29, 0.717) is 6.42 Å². The third kappa shape index (κ3) is 3.97. The van der Waals surface area contributed by atoms with Crippen LogP contribution >= 0.6 is 15.9 Å². The van der Waals surface area contributed by atoms with Gasteiger partial charge in [0.05, 0.1) is 0 Å². The van der Waals surface area contributed by atoms with Crippen LogP contribution in [0.2, 0.25) is 0 Å². The lowest BCUT2D eigenvalue weighted by atomic mass is 9.87. The van der Waals surface area contributed by atoms with Gasteiger partial charge in [-0.3, -0.25) is 4.79 Å². The summed E-state index contributed by atoms with van der Waals surface area (Å²) in [5.74, 6) is 0.191. The molecule has 1 amide bonds. The van der Waals surface area contributed by atoms with Crippen molar-refractivity contribution in [3.63, 3.8) is 0 Å². The molecule has 24 heavy (non-hydrogen) atoms. The predicted octanol–water partition coefficient (Wildman–Crippen LogP) is 3.11. The Balaban J connectivity index is 1.90. The molecule has 2 aromatic carbocycles. The molecule has 0 radical (unpaired) electrons. The number of piperazine rings is 1. The summed E-state index contributed by atoms with van der Waals surface area (Å²) in [6.07, 6.45) is 0.355. The average Bonchev–Trinajstić information content (AvgIpc) is 2.63. The Labute approximate surface area is 150 Å². The van der Waals surface area contributed by atoms with Gasteiger partial charge in [0, 0.05) is 48.6 Å². The maximum atomic E-state index is 12.8. The Morgan fingerprint density at radius 3 is 2.58 bits per heavy atom. The number of phenolic OH excluding ortho intramolecular Hbond substituents is 1. The van der Waals surface area contributed by atoms with Crippen LogP contribution in [-0.2, 0) is 4.79 Å². The summed E-state index contributed by atoms with van der Waals surface area (Å²) in [6.45, 7) is 3.16. The van der Waals surface area contributed by atoms with Crippen molar-refractivity contribution < 1.29 is 9.90 Å². The first-order valence-electron chi connectivity index (χ1n) is 8.17. The van der Waals surface area contributed by atoms with E-state index in [0.717, 1.165) is 41.8 Å². The number of nitrogens with one attached hydrogen (secondary N) is 1. The van der Waals surface area contributed by atoms with Crippen molar-refractivity contribution in [2.24, 2.45) is 0 Å². The molecule has 0 spiro atoms. The van der Waals surface area contributed by atoms with Crippen molar-refractivity contribution in [2.75, 3.05) is 26.2 Å². The molecule has 0 bridgehead atoms. The molecule has 2 aromatic rings. The fourth-order valence-corrected chi connectivity index (χ4v) is 3.49. The Morgan fingerprint density at radius 1 is 1.17 bits per heavy atom. The molecule has 2 N–H and O–H groups in total. The molecule has 1 aliphatic rings. The largest absolute Gasteiger partial charge is 0.508 e. The second-order valence-electron chi connectivity index (χ2n) is 6.00. The van der Waals surface area contributed by atoms with E-state index < -0.39 is 0 Å². The monoisotopic (exact) mass is 388 g/mol. The van der Waals surface area contributed by atoms with Crippen LogP contribution in [-0.4, -0.2) is 42.1 Å². The SMILES string of the molecule is O=C(CC(c1ccccc1)c1cc(Br)ccc1O)N1CCNCC1. The molecule has 1 saturated heterocycles. The lowest BCUT2D eigenvalue weighted by molar-refractivity contribution is -0.132. The molecule has 126 valence electrons. The molecule has 3 rings (SSSR count). The van der Waals surface area contributed by atoms with Crippen LogP contribution in [0.4, 0.5) is 0 Å². The van der Waals surface area contributed by atoms with E-state index in [1.165, 1.54) is 0 Å². The topological polar surface area (TPSA) is 52.6 Å². The number of phenols is 1. The lowest BCUT2D eigenvalue weighted by Gasteiger charge is -2.29. The first-order chi connectivity index (χ1) is 11.6. The zero-order valence-corrected chi connectivity index (χ0v) is 15.0. The van der Waals surface area contributed by atoms with Crippen molar-refractivity contribution in [1.82, 2.24) is 10.2 Å². The number of rotatable bonds is 4. The Bertz CT molecular complexity index is 700. The minimum Gasteiger partial charge on any atom is -0.508 e. The number of carbonyl (C=O) groups excluding carboxylic acids is 1. The van der Waals surface area contributed by atoms with Crippen LogP contribution in [0, 0.1) is 0 Å². The van der Waals surface area contributed by atoms with E-state index in [4.69, 9.17) is 0 Å². The van der Waals surface area contributed by atoms with E-state index in [9.17, 15) is 9.90 Å². The summed E-state index contributed by atoms with van der Waals surface area (Å²) in [4.78, 5) is 14.7. The molecule has 1 aliphatic heterocycles. The Hall–Kier alpha value is -1.85. The van der Waals surface area contributed by atoms with Gasteiger partial charge in [-0.15, -0.1) is 0 Å². The number of halogens is 1. The summed E-state index contributed by atoms with van der Waals surface area (Å²) >= 11 is 3.47. The molecule has 5 heteroatoms. The van der Waals surface area contributed by atoms with Crippen molar-refractivity contribution in [3.8, 4) is 5.75 Å². The fourth-order valence-electron chi connectivity index (χ4n) is 3.12. The summed E-state index contributed by atoms with van der Waals surface area (Å²) in [6, 6.07) is 15.3. The highest BCUT2D eigenvalue weighted by atomic mass is 79.9. The van der Waals surface area contributed by atoms with E-state index >= 15 is 0 Å².